The first-order valence-corrected chi connectivity index (χ1v) is 7.12. The Balaban J connectivity index is 2.89. The molecule has 0 saturated heterocycles. The van der Waals surface area contributed by atoms with Crippen molar-refractivity contribution in [3.05, 3.63) is 23.0 Å². The van der Waals surface area contributed by atoms with Gasteiger partial charge in [0.2, 0.25) is 5.91 Å². The molecule has 0 aliphatic carbocycles. The van der Waals surface area contributed by atoms with Gasteiger partial charge in [-0.15, -0.1) is 0 Å². The summed E-state index contributed by atoms with van der Waals surface area (Å²) in [6.45, 7) is 5.89. The molecule has 6 heteroatoms. The van der Waals surface area contributed by atoms with E-state index in [1.807, 2.05) is 13.8 Å². The second-order valence-corrected chi connectivity index (χ2v) is 5.53. The van der Waals surface area contributed by atoms with E-state index in [0.29, 0.717) is 35.7 Å². The number of aliphatic hydroxyl groups excluding tert-OH is 1. The predicted molar refractivity (Wildman–Crippen MR) is 80.7 cm³/mol. The molecule has 4 N–H and O–H groups in total. The van der Waals surface area contributed by atoms with Crippen molar-refractivity contribution < 1.29 is 15.0 Å². The van der Waals surface area contributed by atoms with Gasteiger partial charge < -0.3 is 20.8 Å². The zero-order valence-electron chi connectivity index (χ0n) is 13.1. The highest BCUT2D eigenvalue weighted by Gasteiger charge is 2.20. The van der Waals surface area contributed by atoms with Crippen molar-refractivity contribution in [2.24, 2.45) is 5.92 Å². The van der Waals surface area contributed by atoms with Gasteiger partial charge in [-0.2, -0.15) is 0 Å². The van der Waals surface area contributed by atoms with Crippen LogP contribution >= 0.6 is 0 Å². The van der Waals surface area contributed by atoms with Gasteiger partial charge in [-0.3, -0.25) is 9.78 Å². The highest BCUT2D eigenvalue weighted by molar-refractivity contribution is 5.81. The maximum atomic E-state index is 11.9. The number of aromatic nitrogens is 1. The van der Waals surface area contributed by atoms with Crippen molar-refractivity contribution in [2.45, 2.75) is 46.4 Å². The van der Waals surface area contributed by atoms with Gasteiger partial charge in [0.1, 0.15) is 5.75 Å². The summed E-state index contributed by atoms with van der Waals surface area (Å²) in [5.41, 5.74) is 1.65. The number of amides is 1. The minimum Gasteiger partial charge on any atom is -0.506 e. The second kappa shape index (κ2) is 7.95. The SMILES string of the molecule is CNC(=O)C(CC(C)C)NCc1c(CO)cnc(C)c1O. The molecule has 0 aliphatic rings. The Labute approximate surface area is 125 Å². The Kier molecular flexibility index (Phi) is 6.58. The number of aliphatic hydroxyl groups is 1. The molecule has 0 aliphatic heterocycles. The monoisotopic (exact) mass is 295 g/mol. The van der Waals surface area contributed by atoms with Crippen molar-refractivity contribution in [1.29, 1.82) is 0 Å². The molecular formula is C15H25N3O3. The zero-order chi connectivity index (χ0) is 16.0. The van der Waals surface area contributed by atoms with Crippen LogP contribution in [-0.4, -0.2) is 34.2 Å². The molecule has 1 aromatic heterocycles. The third-order valence-corrected chi connectivity index (χ3v) is 3.40. The fraction of sp³-hybridized carbons (Fsp3) is 0.600. The van der Waals surface area contributed by atoms with E-state index in [1.165, 1.54) is 0 Å². The summed E-state index contributed by atoms with van der Waals surface area (Å²) in [5.74, 6) is 0.346. The standard InChI is InChI=1S/C15H25N3O3/c1-9(2)5-13(15(21)16-4)18-7-12-11(8-19)6-17-10(3)14(12)20/h6,9,13,18-20H,5,7-8H2,1-4H3,(H,16,21). The number of hydrogen-bond acceptors (Lipinski definition) is 5. The molecule has 1 rings (SSSR count). The lowest BCUT2D eigenvalue weighted by Gasteiger charge is -2.20. The van der Waals surface area contributed by atoms with Gasteiger partial charge in [-0.25, -0.2) is 0 Å². The molecule has 6 nitrogen and oxygen atoms in total. The minimum absolute atomic E-state index is 0.0641. The maximum Gasteiger partial charge on any atom is 0.236 e. The largest absolute Gasteiger partial charge is 0.506 e. The number of hydrogen-bond donors (Lipinski definition) is 4. The van der Waals surface area contributed by atoms with Crippen molar-refractivity contribution in [2.75, 3.05) is 7.05 Å². The van der Waals surface area contributed by atoms with E-state index in [1.54, 1.807) is 20.2 Å². The van der Waals surface area contributed by atoms with Gasteiger partial charge in [0.15, 0.2) is 0 Å². The molecule has 0 aromatic carbocycles. The van der Waals surface area contributed by atoms with E-state index in [0.717, 1.165) is 0 Å². The van der Waals surface area contributed by atoms with E-state index < -0.39 is 0 Å². The van der Waals surface area contributed by atoms with E-state index in [2.05, 4.69) is 15.6 Å². The molecule has 21 heavy (non-hydrogen) atoms. The fourth-order valence-electron chi connectivity index (χ4n) is 2.17. The van der Waals surface area contributed by atoms with Crippen LogP contribution in [0, 0.1) is 12.8 Å². The molecule has 118 valence electrons. The van der Waals surface area contributed by atoms with Crippen LogP contribution in [-0.2, 0) is 17.9 Å². The Morgan fingerprint density at radius 3 is 2.62 bits per heavy atom. The van der Waals surface area contributed by atoms with Crippen molar-refractivity contribution in [3.8, 4) is 5.75 Å². The van der Waals surface area contributed by atoms with Crippen LogP contribution < -0.4 is 10.6 Å². The molecule has 1 heterocycles. The van der Waals surface area contributed by atoms with Gasteiger partial charge in [0, 0.05) is 30.9 Å². The number of rotatable bonds is 7. The minimum atomic E-state index is -0.339. The normalized spacial score (nSPS) is 12.5. The van der Waals surface area contributed by atoms with Gasteiger partial charge in [-0.05, 0) is 19.3 Å². The van der Waals surface area contributed by atoms with E-state index in [-0.39, 0.29) is 24.3 Å². The summed E-state index contributed by atoms with van der Waals surface area (Å²) in [7, 11) is 1.60. The van der Waals surface area contributed by atoms with Crippen LogP contribution in [0.25, 0.3) is 0 Å². The number of carbonyl (C=O) groups is 1. The summed E-state index contributed by atoms with van der Waals surface area (Å²) < 4.78 is 0. The molecule has 0 fully saturated rings. The lowest BCUT2D eigenvalue weighted by molar-refractivity contribution is -0.123. The van der Waals surface area contributed by atoms with Crippen LogP contribution in [0.1, 0.15) is 37.1 Å². The van der Waals surface area contributed by atoms with Crippen molar-refractivity contribution in [1.82, 2.24) is 15.6 Å². The summed E-state index contributed by atoms with van der Waals surface area (Å²) in [5, 5.41) is 25.2. The van der Waals surface area contributed by atoms with Crippen LogP contribution in [0.5, 0.6) is 5.75 Å². The number of carbonyl (C=O) groups excluding carboxylic acids is 1. The highest BCUT2D eigenvalue weighted by Crippen LogP contribution is 2.24. The molecule has 0 radical (unpaired) electrons. The maximum absolute atomic E-state index is 11.9. The zero-order valence-corrected chi connectivity index (χ0v) is 13.1. The molecule has 1 aromatic rings. The molecule has 1 unspecified atom stereocenters. The van der Waals surface area contributed by atoms with Gasteiger partial charge in [-0.1, -0.05) is 13.8 Å². The lowest BCUT2D eigenvalue weighted by Crippen LogP contribution is -2.43. The number of likely N-dealkylation sites (N-methyl/N-ethyl adjacent to an activating group) is 1. The molecule has 1 atom stereocenters. The van der Waals surface area contributed by atoms with Gasteiger partial charge in [0.05, 0.1) is 18.3 Å². The number of aryl methyl sites for hydroxylation is 1. The molecular weight excluding hydrogens is 270 g/mol. The number of aromatic hydroxyl groups is 1. The predicted octanol–water partition coefficient (Wildman–Crippen LogP) is 0.838. The first kappa shape index (κ1) is 17.4. The average molecular weight is 295 g/mol. The summed E-state index contributed by atoms with van der Waals surface area (Å²) in [4.78, 5) is 15.9. The second-order valence-electron chi connectivity index (χ2n) is 5.53. The summed E-state index contributed by atoms with van der Waals surface area (Å²) >= 11 is 0. The number of nitrogens with one attached hydrogen (secondary N) is 2. The molecule has 1 amide bonds. The molecule has 0 bridgehead atoms. The van der Waals surface area contributed by atoms with Crippen LogP contribution in [0.15, 0.2) is 6.20 Å². The fourth-order valence-corrected chi connectivity index (χ4v) is 2.17. The smallest absolute Gasteiger partial charge is 0.236 e. The van der Waals surface area contributed by atoms with E-state index in [4.69, 9.17) is 0 Å². The average Bonchev–Trinajstić information content (AvgIpc) is 2.46. The summed E-state index contributed by atoms with van der Waals surface area (Å²) in [6, 6.07) is -0.339. The highest BCUT2D eigenvalue weighted by atomic mass is 16.3. The molecule has 0 spiro atoms. The third kappa shape index (κ3) is 4.68. The van der Waals surface area contributed by atoms with Crippen LogP contribution in [0.2, 0.25) is 0 Å². The number of nitrogens with zero attached hydrogens (tertiary/aromatic N) is 1. The van der Waals surface area contributed by atoms with Crippen LogP contribution in [0.3, 0.4) is 0 Å². The van der Waals surface area contributed by atoms with Gasteiger partial charge in [0.25, 0.3) is 0 Å². The number of pyridine rings is 1. The third-order valence-electron chi connectivity index (χ3n) is 3.40. The van der Waals surface area contributed by atoms with E-state index in [9.17, 15) is 15.0 Å². The van der Waals surface area contributed by atoms with Crippen molar-refractivity contribution in [3.63, 3.8) is 0 Å². The summed E-state index contributed by atoms with van der Waals surface area (Å²) in [6.07, 6.45) is 2.24. The van der Waals surface area contributed by atoms with Crippen molar-refractivity contribution >= 4 is 5.91 Å². The Morgan fingerprint density at radius 2 is 2.10 bits per heavy atom. The Hall–Kier alpha value is -1.66. The topological polar surface area (TPSA) is 94.5 Å². The quantitative estimate of drug-likeness (QED) is 0.598. The Bertz CT molecular complexity index is 489. The van der Waals surface area contributed by atoms with Gasteiger partial charge >= 0.3 is 0 Å². The van der Waals surface area contributed by atoms with Crippen LogP contribution in [0.4, 0.5) is 0 Å². The lowest BCUT2D eigenvalue weighted by atomic mass is 10.0. The van der Waals surface area contributed by atoms with E-state index >= 15 is 0 Å². The first-order valence-electron chi connectivity index (χ1n) is 7.12. The Morgan fingerprint density at radius 1 is 1.43 bits per heavy atom. The first-order chi connectivity index (χ1) is 9.90. The molecule has 0 saturated carbocycles.